The Bertz CT molecular complexity index is 554. The quantitative estimate of drug-likeness (QED) is 0.859. The van der Waals surface area contributed by atoms with E-state index in [-0.39, 0.29) is 11.4 Å². The topological polar surface area (TPSA) is 55.1 Å². The summed E-state index contributed by atoms with van der Waals surface area (Å²) in [7, 11) is 0. The number of carboxylic acid groups (broad SMARTS) is 1. The molecule has 0 aliphatic heterocycles. The average Bonchev–Trinajstić information content (AvgIpc) is 2.60. The number of hydrogen-bond donors (Lipinski definition) is 1. The van der Waals surface area contributed by atoms with Crippen LogP contribution in [-0.2, 0) is 0 Å². The van der Waals surface area contributed by atoms with Gasteiger partial charge in [-0.25, -0.2) is 13.9 Å². The van der Waals surface area contributed by atoms with E-state index in [1.54, 1.807) is 12.1 Å². The molecular weight excluding hydrogens is 326 g/mol. The van der Waals surface area contributed by atoms with E-state index in [2.05, 4.69) is 5.10 Å². The highest BCUT2D eigenvalue weighted by Crippen LogP contribution is 2.17. The maximum absolute atomic E-state index is 13.0. The fourth-order valence-corrected chi connectivity index (χ4v) is 2.04. The molecule has 0 aliphatic carbocycles. The van der Waals surface area contributed by atoms with Gasteiger partial charge in [-0.15, -0.1) is 0 Å². The van der Waals surface area contributed by atoms with Gasteiger partial charge in [0.2, 0.25) is 0 Å². The number of rotatable bonds is 2. The van der Waals surface area contributed by atoms with Gasteiger partial charge in [0.1, 0.15) is 15.1 Å². The first kappa shape index (κ1) is 11.1. The summed E-state index contributed by atoms with van der Waals surface area (Å²) >= 11 is 1.86. The summed E-state index contributed by atoms with van der Waals surface area (Å²) in [6.07, 6.45) is 1.25. The lowest BCUT2D eigenvalue weighted by Gasteiger charge is -2.02. The Labute approximate surface area is 104 Å². The van der Waals surface area contributed by atoms with E-state index in [0.717, 1.165) is 0 Å². The van der Waals surface area contributed by atoms with E-state index in [1.165, 1.54) is 23.0 Å². The lowest BCUT2D eigenvalue weighted by Crippen LogP contribution is -2.02. The van der Waals surface area contributed by atoms with Crippen molar-refractivity contribution in [2.75, 3.05) is 0 Å². The van der Waals surface area contributed by atoms with Crippen LogP contribution in [0.3, 0.4) is 0 Å². The second-order valence-corrected chi connectivity index (χ2v) is 4.07. The molecule has 6 heteroatoms. The molecule has 0 unspecified atom stereocenters. The molecule has 16 heavy (non-hydrogen) atoms. The summed E-state index contributed by atoms with van der Waals surface area (Å²) in [5.41, 5.74) is 0.599. The molecule has 0 atom stereocenters. The van der Waals surface area contributed by atoms with E-state index in [0.29, 0.717) is 9.39 Å². The third-order valence-corrected chi connectivity index (χ3v) is 3.03. The first-order chi connectivity index (χ1) is 7.59. The number of aromatic nitrogens is 2. The van der Waals surface area contributed by atoms with E-state index in [1.807, 2.05) is 22.6 Å². The zero-order valence-corrected chi connectivity index (χ0v) is 10.1. The van der Waals surface area contributed by atoms with Gasteiger partial charge in [-0.05, 0) is 40.8 Å². The summed E-state index contributed by atoms with van der Waals surface area (Å²) in [6, 6.07) is 5.81. The van der Waals surface area contributed by atoms with Gasteiger partial charge in [-0.1, -0.05) is 6.07 Å². The maximum atomic E-state index is 13.0. The third kappa shape index (κ3) is 1.92. The molecule has 4 nitrogen and oxygen atoms in total. The van der Waals surface area contributed by atoms with Crippen LogP contribution < -0.4 is 0 Å². The largest absolute Gasteiger partial charge is 0.478 e. The predicted octanol–water partition coefficient (Wildman–Crippen LogP) is 2.31. The van der Waals surface area contributed by atoms with Gasteiger partial charge in [-0.3, -0.25) is 0 Å². The van der Waals surface area contributed by atoms with Crippen molar-refractivity contribution in [3.05, 3.63) is 45.5 Å². The summed E-state index contributed by atoms with van der Waals surface area (Å²) < 4.78 is 14.8. The van der Waals surface area contributed by atoms with Crippen LogP contribution in [0.25, 0.3) is 5.69 Å². The minimum absolute atomic E-state index is 0.102. The zero-order valence-electron chi connectivity index (χ0n) is 7.89. The Morgan fingerprint density at radius 2 is 2.25 bits per heavy atom. The third-order valence-electron chi connectivity index (χ3n) is 1.99. The van der Waals surface area contributed by atoms with E-state index in [9.17, 15) is 9.18 Å². The zero-order chi connectivity index (χ0) is 11.7. The molecule has 0 amide bonds. The van der Waals surface area contributed by atoms with Gasteiger partial charge in [0, 0.05) is 0 Å². The molecule has 0 radical (unpaired) electrons. The van der Waals surface area contributed by atoms with Crippen LogP contribution in [0.15, 0.2) is 30.5 Å². The van der Waals surface area contributed by atoms with Crippen LogP contribution >= 0.6 is 22.6 Å². The highest BCUT2D eigenvalue weighted by molar-refractivity contribution is 14.1. The molecule has 0 saturated carbocycles. The number of hydrogen-bond acceptors (Lipinski definition) is 2. The first-order valence-electron chi connectivity index (χ1n) is 4.32. The molecule has 1 aromatic carbocycles. The second kappa shape index (κ2) is 4.20. The van der Waals surface area contributed by atoms with Gasteiger partial charge >= 0.3 is 5.97 Å². The lowest BCUT2D eigenvalue weighted by atomic mass is 10.3. The second-order valence-electron chi connectivity index (χ2n) is 3.05. The standard InChI is InChI=1S/C10H6FIN2O2/c11-6-2-1-3-7(4-6)14-9(12)8(5-13-14)10(15)16/h1-5H,(H,15,16). The average molecular weight is 332 g/mol. The van der Waals surface area contributed by atoms with Crippen molar-refractivity contribution in [1.82, 2.24) is 9.78 Å². The van der Waals surface area contributed by atoms with Crippen LogP contribution in [0.5, 0.6) is 0 Å². The molecule has 0 fully saturated rings. The smallest absolute Gasteiger partial charge is 0.340 e. The monoisotopic (exact) mass is 332 g/mol. The highest BCUT2D eigenvalue weighted by Gasteiger charge is 2.15. The molecule has 82 valence electrons. The first-order valence-corrected chi connectivity index (χ1v) is 5.40. The van der Waals surface area contributed by atoms with Crippen molar-refractivity contribution in [1.29, 1.82) is 0 Å². The van der Waals surface area contributed by atoms with Gasteiger partial charge < -0.3 is 5.11 Å². The van der Waals surface area contributed by atoms with Crippen LogP contribution in [-0.4, -0.2) is 20.9 Å². The number of benzene rings is 1. The lowest BCUT2D eigenvalue weighted by molar-refractivity contribution is 0.0695. The van der Waals surface area contributed by atoms with Crippen LogP contribution in [0, 0.1) is 9.52 Å². The Morgan fingerprint density at radius 3 is 2.81 bits per heavy atom. The molecule has 0 aliphatic rings. The summed E-state index contributed by atoms with van der Waals surface area (Å²) in [5.74, 6) is -1.44. The number of aromatic carboxylic acids is 1. The molecule has 1 N–H and O–H groups in total. The summed E-state index contributed by atoms with van der Waals surface area (Å²) in [5, 5.41) is 12.8. The molecule has 0 saturated heterocycles. The number of halogens is 2. The van der Waals surface area contributed by atoms with Crippen molar-refractivity contribution in [3.63, 3.8) is 0 Å². The van der Waals surface area contributed by atoms with E-state index >= 15 is 0 Å². The minimum atomic E-state index is -1.05. The fraction of sp³-hybridized carbons (Fsp3) is 0. The molecule has 1 aromatic heterocycles. The number of carbonyl (C=O) groups is 1. The molecule has 2 rings (SSSR count). The summed E-state index contributed by atoms with van der Waals surface area (Å²) in [6.45, 7) is 0. The maximum Gasteiger partial charge on any atom is 0.340 e. The van der Waals surface area contributed by atoms with Gasteiger partial charge in [0.15, 0.2) is 0 Å². The molecular formula is C10H6FIN2O2. The Balaban J connectivity index is 2.53. The molecule has 0 bridgehead atoms. The van der Waals surface area contributed by atoms with Crippen LogP contribution in [0.4, 0.5) is 4.39 Å². The van der Waals surface area contributed by atoms with Crippen molar-refractivity contribution in [2.45, 2.75) is 0 Å². The number of carboxylic acids is 1. The van der Waals surface area contributed by atoms with Gasteiger partial charge in [-0.2, -0.15) is 5.10 Å². The number of nitrogens with zero attached hydrogens (tertiary/aromatic N) is 2. The van der Waals surface area contributed by atoms with E-state index in [4.69, 9.17) is 5.11 Å². The molecule has 2 aromatic rings. The van der Waals surface area contributed by atoms with Crippen molar-refractivity contribution >= 4 is 28.6 Å². The normalized spacial score (nSPS) is 10.4. The molecule has 0 spiro atoms. The fourth-order valence-electron chi connectivity index (χ4n) is 1.26. The summed E-state index contributed by atoms with van der Waals surface area (Å²) in [4.78, 5) is 10.8. The van der Waals surface area contributed by atoms with Crippen LogP contribution in [0.2, 0.25) is 0 Å². The Hall–Kier alpha value is -1.44. The Kier molecular flexibility index (Phi) is 2.90. The highest BCUT2D eigenvalue weighted by atomic mass is 127. The molecule has 1 heterocycles. The van der Waals surface area contributed by atoms with Gasteiger partial charge in [0.25, 0.3) is 0 Å². The van der Waals surface area contributed by atoms with E-state index < -0.39 is 5.97 Å². The Morgan fingerprint density at radius 1 is 1.50 bits per heavy atom. The van der Waals surface area contributed by atoms with Crippen molar-refractivity contribution < 1.29 is 14.3 Å². The van der Waals surface area contributed by atoms with Crippen LogP contribution in [0.1, 0.15) is 10.4 Å². The van der Waals surface area contributed by atoms with Crippen molar-refractivity contribution in [2.24, 2.45) is 0 Å². The van der Waals surface area contributed by atoms with Gasteiger partial charge in [0.05, 0.1) is 11.9 Å². The predicted molar refractivity (Wildman–Crippen MR) is 63.2 cm³/mol. The SMILES string of the molecule is O=C(O)c1cnn(-c2cccc(F)c2)c1I. The van der Waals surface area contributed by atoms with Crippen molar-refractivity contribution in [3.8, 4) is 5.69 Å². The minimum Gasteiger partial charge on any atom is -0.478 e.